The molecule has 1 fully saturated rings. The van der Waals surface area contributed by atoms with E-state index in [9.17, 15) is 9.59 Å². The van der Waals surface area contributed by atoms with Gasteiger partial charge in [0, 0.05) is 25.1 Å². The van der Waals surface area contributed by atoms with Crippen molar-refractivity contribution in [2.24, 2.45) is 0 Å². The summed E-state index contributed by atoms with van der Waals surface area (Å²) in [5, 5.41) is 10.8. The van der Waals surface area contributed by atoms with E-state index in [1.165, 1.54) is 24.8 Å². The number of hydrogen-bond acceptors (Lipinski definition) is 5. The zero-order valence-electron chi connectivity index (χ0n) is 12.7. The molecule has 8 nitrogen and oxygen atoms in total. The molecule has 2 aromatic heterocycles. The zero-order chi connectivity index (χ0) is 16.1. The summed E-state index contributed by atoms with van der Waals surface area (Å²) in [5.74, 6) is -0.320. The first kappa shape index (κ1) is 15.4. The maximum Gasteiger partial charge on any atom is 0.267 e. The average Bonchev–Trinajstić information content (AvgIpc) is 2.97. The topological polar surface area (TPSA) is 91.0 Å². The third-order valence-corrected chi connectivity index (χ3v) is 3.66. The maximum atomic E-state index is 12.0. The normalized spacial score (nSPS) is 17.8. The van der Waals surface area contributed by atoms with Crippen molar-refractivity contribution in [1.29, 1.82) is 0 Å². The Hall–Kier alpha value is -2.48. The number of nitrogens with one attached hydrogen (secondary N) is 1. The Morgan fingerprint density at radius 2 is 2.30 bits per heavy atom. The van der Waals surface area contributed by atoms with Crippen molar-refractivity contribution in [2.75, 3.05) is 11.9 Å². The molecule has 2 aromatic rings. The van der Waals surface area contributed by atoms with Gasteiger partial charge in [0.1, 0.15) is 6.54 Å². The van der Waals surface area contributed by atoms with E-state index in [4.69, 9.17) is 4.74 Å². The minimum atomic E-state index is -0.320. The highest BCUT2D eigenvalue weighted by Gasteiger charge is 2.15. The van der Waals surface area contributed by atoms with Crippen molar-refractivity contribution < 1.29 is 9.53 Å². The van der Waals surface area contributed by atoms with Gasteiger partial charge < -0.3 is 10.1 Å². The van der Waals surface area contributed by atoms with Gasteiger partial charge >= 0.3 is 0 Å². The lowest BCUT2D eigenvalue weighted by molar-refractivity contribution is -0.117. The van der Waals surface area contributed by atoms with Crippen molar-refractivity contribution in [3.63, 3.8) is 0 Å². The molecule has 1 N–H and O–H groups in total. The molecule has 0 aromatic carbocycles. The second-order valence-corrected chi connectivity index (χ2v) is 5.51. The lowest BCUT2D eigenvalue weighted by Gasteiger charge is -2.22. The number of ether oxygens (including phenoxy) is 1. The van der Waals surface area contributed by atoms with Crippen LogP contribution in [0, 0.1) is 0 Å². The number of carbonyl (C=O) groups is 1. The van der Waals surface area contributed by atoms with E-state index in [1.54, 1.807) is 17.1 Å². The molecule has 0 bridgehead atoms. The first-order valence-electron chi connectivity index (χ1n) is 7.67. The predicted molar refractivity (Wildman–Crippen MR) is 82.9 cm³/mol. The molecule has 3 rings (SSSR count). The molecule has 0 spiro atoms. The number of rotatable bonds is 5. The van der Waals surface area contributed by atoms with E-state index in [1.807, 2.05) is 0 Å². The fraction of sp³-hybridized carbons (Fsp3) is 0.467. The SMILES string of the molecule is O=C(Cn1ncccc1=O)Nc1cnn(C[C@@H]2CCCCO2)c1. The van der Waals surface area contributed by atoms with E-state index >= 15 is 0 Å². The Balaban J connectivity index is 1.55. The lowest BCUT2D eigenvalue weighted by Crippen LogP contribution is -2.28. The second-order valence-electron chi connectivity index (χ2n) is 5.51. The molecule has 0 aliphatic carbocycles. The average molecular weight is 317 g/mol. The molecule has 3 heterocycles. The Kier molecular flexibility index (Phi) is 4.82. The molecule has 1 saturated heterocycles. The largest absolute Gasteiger partial charge is 0.376 e. The molecule has 1 amide bonds. The quantitative estimate of drug-likeness (QED) is 0.874. The van der Waals surface area contributed by atoms with Crippen molar-refractivity contribution in [3.05, 3.63) is 41.1 Å². The van der Waals surface area contributed by atoms with Crippen LogP contribution >= 0.6 is 0 Å². The van der Waals surface area contributed by atoms with Crippen molar-refractivity contribution >= 4 is 11.6 Å². The summed E-state index contributed by atoms with van der Waals surface area (Å²) in [4.78, 5) is 23.5. The van der Waals surface area contributed by atoms with Gasteiger partial charge in [-0.2, -0.15) is 10.2 Å². The summed E-state index contributed by atoms with van der Waals surface area (Å²) < 4.78 is 8.54. The van der Waals surface area contributed by atoms with Crippen molar-refractivity contribution in [1.82, 2.24) is 19.6 Å². The first-order chi connectivity index (χ1) is 11.2. The summed E-state index contributed by atoms with van der Waals surface area (Å²) in [7, 11) is 0. The summed E-state index contributed by atoms with van der Waals surface area (Å²) in [6.45, 7) is 1.35. The van der Waals surface area contributed by atoms with Gasteiger partial charge in [0.2, 0.25) is 5.91 Å². The van der Waals surface area contributed by atoms with Gasteiger partial charge in [0.15, 0.2) is 0 Å². The standard InChI is InChI=1S/C15H19N5O3/c21-14(11-20-15(22)5-3-6-16-20)18-12-8-17-19(9-12)10-13-4-1-2-7-23-13/h3,5-6,8-9,13H,1-2,4,7,10-11H2,(H,18,21)/t13-/m0/s1. The van der Waals surface area contributed by atoms with Gasteiger partial charge in [-0.05, 0) is 25.3 Å². The Labute approximate surface area is 133 Å². The number of aromatic nitrogens is 4. The second kappa shape index (κ2) is 7.19. The molecule has 0 radical (unpaired) electrons. The predicted octanol–water partition coefficient (Wildman–Crippen LogP) is 0.648. The van der Waals surface area contributed by atoms with Gasteiger partial charge in [0.25, 0.3) is 5.56 Å². The molecule has 0 saturated carbocycles. The molecule has 0 unspecified atom stereocenters. The highest BCUT2D eigenvalue weighted by Crippen LogP contribution is 2.15. The highest BCUT2D eigenvalue weighted by molar-refractivity contribution is 5.90. The van der Waals surface area contributed by atoms with E-state index in [0.29, 0.717) is 12.2 Å². The van der Waals surface area contributed by atoms with E-state index in [2.05, 4.69) is 15.5 Å². The molecule has 8 heteroatoms. The third-order valence-electron chi connectivity index (χ3n) is 3.66. The smallest absolute Gasteiger partial charge is 0.267 e. The minimum absolute atomic E-state index is 0.128. The summed E-state index contributed by atoms with van der Waals surface area (Å²) in [6.07, 6.45) is 8.32. The van der Waals surface area contributed by atoms with Crippen LogP contribution in [0.2, 0.25) is 0 Å². The molecule has 1 aliphatic rings. The van der Waals surface area contributed by atoms with Crippen LogP contribution < -0.4 is 10.9 Å². The van der Waals surface area contributed by atoms with Crippen molar-refractivity contribution in [2.45, 2.75) is 38.5 Å². The van der Waals surface area contributed by atoms with Crippen LogP contribution in [0.4, 0.5) is 5.69 Å². The number of amides is 1. The van der Waals surface area contributed by atoms with E-state index in [0.717, 1.165) is 24.1 Å². The van der Waals surface area contributed by atoms with Crippen LogP contribution in [0.5, 0.6) is 0 Å². The molecule has 23 heavy (non-hydrogen) atoms. The van der Waals surface area contributed by atoms with Gasteiger partial charge in [-0.15, -0.1) is 0 Å². The van der Waals surface area contributed by atoms with Gasteiger partial charge in [0.05, 0.1) is 24.5 Å². The fourth-order valence-electron chi connectivity index (χ4n) is 2.53. The highest BCUT2D eigenvalue weighted by atomic mass is 16.5. The molecule has 1 aliphatic heterocycles. The summed E-state index contributed by atoms with van der Waals surface area (Å²) in [5.41, 5.74) is 0.280. The van der Waals surface area contributed by atoms with Gasteiger partial charge in [-0.3, -0.25) is 14.3 Å². The van der Waals surface area contributed by atoms with Crippen LogP contribution in [0.3, 0.4) is 0 Å². The monoisotopic (exact) mass is 317 g/mol. The van der Waals surface area contributed by atoms with E-state index < -0.39 is 0 Å². The third kappa shape index (κ3) is 4.26. The Morgan fingerprint density at radius 1 is 1.39 bits per heavy atom. The summed E-state index contributed by atoms with van der Waals surface area (Å²) >= 11 is 0. The molecule has 1 atom stereocenters. The first-order valence-corrected chi connectivity index (χ1v) is 7.67. The summed E-state index contributed by atoms with van der Waals surface area (Å²) in [6, 6.07) is 2.90. The van der Waals surface area contributed by atoms with Crippen LogP contribution in [0.15, 0.2) is 35.5 Å². The Bertz CT molecular complexity index is 718. The molecule has 122 valence electrons. The number of anilines is 1. The lowest BCUT2D eigenvalue weighted by atomic mass is 10.1. The number of carbonyl (C=O) groups excluding carboxylic acids is 1. The number of nitrogens with zero attached hydrogens (tertiary/aromatic N) is 4. The minimum Gasteiger partial charge on any atom is -0.376 e. The number of hydrogen-bond donors (Lipinski definition) is 1. The molecular weight excluding hydrogens is 298 g/mol. The van der Waals surface area contributed by atoms with E-state index in [-0.39, 0.29) is 24.1 Å². The molecular formula is C15H19N5O3. The van der Waals surface area contributed by atoms with Crippen LogP contribution in [-0.4, -0.2) is 38.2 Å². The Morgan fingerprint density at radius 3 is 3.09 bits per heavy atom. The van der Waals surface area contributed by atoms with Crippen LogP contribution in [-0.2, 0) is 22.6 Å². The van der Waals surface area contributed by atoms with Gasteiger partial charge in [-0.1, -0.05) is 0 Å². The maximum absolute atomic E-state index is 12.0. The van der Waals surface area contributed by atoms with Crippen LogP contribution in [0.1, 0.15) is 19.3 Å². The van der Waals surface area contributed by atoms with Crippen LogP contribution in [0.25, 0.3) is 0 Å². The van der Waals surface area contributed by atoms with Gasteiger partial charge in [-0.25, -0.2) is 4.68 Å². The zero-order valence-corrected chi connectivity index (χ0v) is 12.7. The fourth-order valence-corrected chi connectivity index (χ4v) is 2.53. The van der Waals surface area contributed by atoms with Crippen molar-refractivity contribution in [3.8, 4) is 0 Å².